The number of thiophene rings is 1. The summed E-state index contributed by atoms with van der Waals surface area (Å²) < 4.78 is 2.67. The largest absolute Gasteiger partial charge is 0.310 e. The van der Waals surface area contributed by atoms with Crippen LogP contribution in [0, 0.1) is 0 Å². The van der Waals surface area contributed by atoms with Gasteiger partial charge >= 0.3 is 0 Å². The lowest BCUT2D eigenvalue weighted by molar-refractivity contribution is 1.30. The Hall–Kier alpha value is -5.96. The van der Waals surface area contributed by atoms with Gasteiger partial charge in [0.15, 0.2) is 0 Å². The molecule has 0 bridgehead atoms. The van der Waals surface area contributed by atoms with Gasteiger partial charge in [0.25, 0.3) is 0 Å². The van der Waals surface area contributed by atoms with Gasteiger partial charge in [-0.3, -0.25) is 0 Å². The average molecular weight is 628 g/mol. The van der Waals surface area contributed by atoms with Crippen LogP contribution in [0.25, 0.3) is 74.4 Å². The maximum absolute atomic E-state index is 2.40. The molecular formula is C46H29NS. The predicted octanol–water partition coefficient (Wildman–Crippen LogP) is 13.8. The second-order valence-corrected chi connectivity index (χ2v) is 13.6. The highest BCUT2D eigenvalue weighted by molar-refractivity contribution is 7.26. The highest BCUT2D eigenvalue weighted by atomic mass is 32.1. The van der Waals surface area contributed by atoms with Gasteiger partial charge in [-0.25, -0.2) is 0 Å². The van der Waals surface area contributed by atoms with Crippen molar-refractivity contribution in [3.63, 3.8) is 0 Å². The van der Waals surface area contributed by atoms with Crippen molar-refractivity contribution in [1.82, 2.24) is 0 Å². The van der Waals surface area contributed by atoms with Crippen LogP contribution in [0.3, 0.4) is 0 Å². The van der Waals surface area contributed by atoms with E-state index in [0.29, 0.717) is 0 Å². The number of hydrogen-bond acceptors (Lipinski definition) is 2. The minimum absolute atomic E-state index is 1.13. The quantitative estimate of drug-likeness (QED) is 0.176. The molecule has 0 saturated heterocycles. The van der Waals surface area contributed by atoms with Crippen molar-refractivity contribution >= 4 is 91.7 Å². The molecule has 0 aliphatic carbocycles. The lowest BCUT2D eigenvalue weighted by Gasteiger charge is -2.27. The summed E-state index contributed by atoms with van der Waals surface area (Å²) in [6.07, 6.45) is 0. The molecule has 0 aliphatic heterocycles. The van der Waals surface area contributed by atoms with Crippen molar-refractivity contribution in [2.75, 3.05) is 4.90 Å². The smallest absolute Gasteiger partial charge is 0.0468 e. The molecule has 1 heterocycles. The fourth-order valence-corrected chi connectivity index (χ4v) is 8.80. The Morgan fingerprint density at radius 1 is 0.333 bits per heavy atom. The first-order chi connectivity index (χ1) is 23.8. The van der Waals surface area contributed by atoms with Crippen molar-refractivity contribution in [2.45, 2.75) is 0 Å². The van der Waals surface area contributed by atoms with Gasteiger partial charge in [0.1, 0.15) is 0 Å². The Balaban J connectivity index is 1.17. The van der Waals surface area contributed by atoms with Crippen LogP contribution >= 0.6 is 11.3 Å². The van der Waals surface area contributed by atoms with E-state index in [9.17, 15) is 0 Å². The van der Waals surface area contributed by atoms with E-state index in [-0.39, 0.29) is 0 Å². The molecule has 0 radical (unpaired) electrons. The Bertz CT molecular complexity index is 2810. The van der Waals surface area contributed by atoms with Crippen LogP contribution in [0.4, 0.5) is 17.1 Å². The Morgan fingerprint density at radius 3 is 1.62 bits per heavy atom. The summed E-state index contributed by atoms with van der Waals surface area (Å²) in [4.78, 5) is 2.40. The van der Waals surface area contributed by atoms with E-state index >= 15 is 0 Å². The molecule has 1 aromatic heterocycles. The summed E-state index contributed by atoms with van der Waals surface area (Å²) in [5, 5.41) is 12.8. The molecule has 1 nitrogen and oxygen atoms in total. The van der Waals surface area contributed by atoms with E-state index in [4.69, 9.17) is 0 Å². The summed E-state index contributed by atoms with van der Waals surface area (Å²) >= 11 is 1.88. The second kappa shape index (κ2) is 10.8. The van der Waals surface area contributed by atoms with Gasteiger partial charge in [-0.15, -0.1) is 11.3 Å². The molecule has 0 amide bonds. The standard InChI is InChI=1S/C46H29NS/c1-2-11-32-28-34(25-20-30(32)10-1)47(35-26-27-41-39-14-4-3-12-37(39)38-13-5-6-15-40(38)44(41)29-35)33-23-21-31(22-24-33)36-17-9-18-43-42-16-7-8-19-45(42)48-46(36)43/h1-29H. The molecule has 2 heteroatoms. The van der Waals surface area contributed by atoms with Crippen LogP contribution < -0.4 is 4.90 Å². The van der Waals surface area contributed by atoms with Crippen LogP contribution in [0.5, 0.6) is 0 Å². The van der Waals surface area contributed by atoms with Crippen molar-refractivity contribution in [3.8, 4) is 11.1 Å². The van der Waals surface area contributed by atoms with E-state index < -0.39 is 0 Å². The van der Waals surface area contributed by atoms with Crippen LogP contribution in [-0.2, 0) is 0 Å². The molecule has 224 valence electrons. The van der Waals surface area contributed by atoms with Crippen molar-refractivity contribution in [3.05, 3.63) is 176 Å². The lowest BCUT2D eigenvalue weighted by Crippen LogP contribution is -2.10. The molecule has 0 saturated carbocycles. The van der Waals surface area contributed by atoms with Gasteiger partial charge in [0, 0.05) is 37.2 Å². The topological polar surface area (TPSA) is 3.24 Å². The molecule has 9 aromatic carbocycles. The van der Waals surface area contributed by atoms with Crippen LogP contribution in [-0.4, -0.2) is 0 Å². The Labute approximate surface area is 282 Å². The van der Waals surface area contributed by atoms with Crippen LogP contribution in [0.2, 0.25) is 0 Å². The number of nitrogens with zero attached hydrogens (tertiary/aromatic N) is 1. The van der Waals surface area contributed by atoms with Gasteiger partial charge in [0.2, 0.25) is 0 Å². The zero-order valence-electron chi connectivity index (χ0n) is 26.1. The first-order valence-electron chi connectivity index (χ1n) is 16.4. The van der Waals surface area contributed by atoms with E-state index in [1.807, 2.05) is 11.3 Å². The van der Waals surface area contributed by atoms with Crippen molar-refractivity contribution < 1.29 is 0 Å². The molecule has 0 spiro atoms. The summed E-state index contributed by atoms with van der Waals surface area (Å²) in [5.74, 6) is 0. The molecule has 0 unspecified atom stereocenters. The third-order valence-corrected chi connectivity index (χ3v) is 11.0. The molecule has 0 fully saturated rings. The van der Waals surface area contributed by atoms with Gasteiger partial charge in [-0.05, 0) is 96.7 Å². The molecule has 10 aromatic rings. The van der Waals surface area contributed by atoms with E-state index in [0.717, 1.165) is 17.1 Å². The van der Waals surface area contributed by atoms with Crippen LogP contribution in [0.15, 0.2) is 176 Å². The van der Waals surface area contributed by atoms with E-state index in [1.165, 1.54) is 74.4 Å². The van der Waals surface area contributed by atoms with E-state index in [1.54, 1.807) is 0 Å². The number of benzene rings is 9. The monoisotopic (exact) mass is 627 g/mol. The van der Waals surface area contributed by atoms with Gasteiger partial charge in [0.05, 0.1) is 0 Å². The average Bonchev–Trinajstić information content (AvgIpc) is 3.54. The number of fused-ring (bicyclic) bond motifs is 10. The predicted molar refractivity (Wildman–Crippen MR) is 209 cm³/mol. The van der Waals surface area contributed by atoms with Gasteiger partial charge < -0.3 is 4.90 Å². The maximum Gasteiger partial charge on any atom is 0.0468 e. The zero-order valence-corrected chi connectivity index (χ0v) is 26.9. The maximum atomic E-state index is 2.40. The SMILES string of the molecule is c1ccc2cc(N(c3ccc(-c4cccc5c4sc4ccccc45)cc3)c3ccc4c5ccccc5c5ccccc5c4c3)ccc2c1. The normalized spacial score (nSPS) is 11.8. The minimum Gasteiger partial charge on any atom is -0.310 e. The Morgan fingerprint density at radius 2 is 0.875 bits per heavy atom. The summed E-state index contributed by atoms with van der Waals surface area (Å²) in [6, 6.07) is 64.5. The highest BCUT2D eigenvalue weighted by Gasteiger charge is 2.17. The Kier molecular flexibility index (Phi) is 6.12. The molecule has 10 rings (SSSR count). The molecule has 0 N–H and O–H groups in total. The van der Waals surface area contributed by atoms with Crippen molar-refractivity contribution in [2.24, 2.45) is 0 Å². The number of rotatable bonds is 4. The van der Waals surface area contributed by atoms with Crippen molar-refractivity contribution in [1.29, 1.82) is 0 Å². The summed E-state index contributed by atoms with van der Waals surface area (Å²) in [5.41, 5.74) is 5.91. The molecule has 0 aliphatic rings. The highest BCUT2D eigenvalue weighted by Crippen LogP contribution is 2.43. The number of hydrogen-bond donors (Lipinski definition) is 0. The van der Waals surface area contributed by atoms with E-state index in [2.05, 4.69) is 181 Å². The number of anilines is 3. The third kappa shape index (κ3) is 4.24. The summed E-state index contributed by atoms with van der Waals surface area (Å²) in [6.45, 7) is 0. The lowest BCUT2D eigenvalue weighted by atomic mass is 9.94. The molecule has 48 heavy (non-hydrogen) atoms. The first kappa shape index (κ1) is 27.2. The summed E-state index contributed by atoms with van der Waals surface area (Å²) in [7, 11) is 0. The van der Waals surface area contributed by atoms with Crippen LogP contribution in [0.1, 0.15) is 0 Å². The van der Waals surface area contributed by atoms with Gasteiger partial charge in [-0.2, -0.15) is 0 Å². The third-order valence-electron chi connectivity index (χ3n) is 9.82. The molecular weight excluding hydrogens is 599 g/mol. The van der Waals surface area contributed by atoms with Gasteiger partial charge in [-0.1, -0.05) is 133 Å². The fraction of sp³-hybridized carbons (Fsp3) is 0. The first-order valence-corrected chi connectivity index (χ1v) is 17.2. The minimum atomic E-state index is 1.13. The second-order valence-electron chi connectivity index (χ2n) is 12.5. The zero-order chi connectivity index (χ0) is 31.6. The fourth-order valence-electron chi connectivity index (χ4n) is 7.56. The molecule has 0 atom stereocenters.